The minimum atomic E-state index is -0.0948. The maximum atomic E-state index is 13.4. The highest BCUT2D eigenvalue weighted by Crippen LogP contribution is 2.33. The Morgan fingerprint density at radius 2 is 1.79 bits per heavy atom. The van der Waals surface area contributed by atoms with E-state index in [4.69, 9.17) is 16.3 Å². The Balaban J connectivity index is 2.60. The number of nitrogens with zero attached hydrogens (tertiary/aromatic N) is 2. The summed E-state index contributed by atoms with van der Waals surface area (Å²) in [6.45, 7) is 16.9. The van der Waals surface area contributed by atoms with Gasteiger partial charge in [0.25, 0.3) is 0 Å². The van der Waals surface area contributed by atoms with Crippen LogP contribution in [0.2, 0.25) is 5.02 Å². The summed E-state index contributed by atoms with van der Waals surface area (Å²) in [7, 11) is 0. The van der Waals surface area contributed by atoms with Crippen LogP contribution in [0.3, 0.4) is 0 Å². The summed E-state index contributed by atoms with van der Waals surface area (Å²) in [5.41, 5.74) is 5.17. The van der Waals surface area contributed by atoms with Crippen LogP contribution in [0.25, 0.3) is 5.57 Å². The smallest absolute Gasteiger partial charge is 0.223 e. The third kappa shape index (κ3) is 4.67. The first-order valence-corrected chi connectivity index (χ1v) is 10.1. The van der Waals surface area contributed by atoms with E-state index in [-0.39, 0.29) is 11.9 Å². The second-order valence-corrected chi connectivity index (χ2v) is 8.56. The van der Waals surface area contributed by atoms with E-state index in [9.17, 15) is 4.79 Å². The Bertz CT molecular complexity index is 904. The first kappa shape index (κ1) is 22.2. The molecule has 0 amide bonds. The number of carbonyl (C=O) groups excluding carboxylic acids is 1. The number of hydrogen-bond donors (Lipinski definition) is 0. The third-order valence-electron chi connectivity index (χ3n) is 4.70. The molecule has 0 aliphatic rings. The van der Waals surface area contributed by atoms with Crippen molar-refractivity contribution in [3.8, 4) is 5.88 Å². The van der Waals surface area contributed by atoms with Gasteiger partial charge in [0.1, 0.15) is 5.56 Å². The van der Waals surface area contributed by atoms with Crippen molar-refractivity contribution in [2.45, 2.75) is 68.0 Å². The van der Waals surface area contributed by atoms with Crippen molar-refractivity contribution in [3.63, 3.8) is 0 Å². The topological polar surface area (TPSA) is 44.1 Å². The molecule has 0 aliphatic carbocycles. The summed E-state index contributed by atoms with van der Waals surface area (Å²) >= 11 is 6.47. The van der Waals surface area contributed by atoms with Gasteiger partial charge < -0.3 is 4.74 Å². The van der Waals surface area contributed by atoms with Crippen molar-refractivity contribution >= 4 is 23.0 Å². The molecule has 1 heterocycles. The molecule has 28 heavy (non-hydrogen) atoms. The predicted octanol–water partition coefficient (Wildman–Crippen LogP) is 6.33. The van der Waals surface area contributed by atoms with E-state index in [0.29, 0.717) is 34.5 Å². The zero-order chi connectivity index (χ0) is 21.2. The van der Waals surface area contributed by atoms with E-state index in [2.05, 4.69) is 18.9 Å². The lowest BCUT2D eigenvalue weighted by atomic mass is 9.91. The third-order valence-corrected chi connectivity index (χ3v) is 5.02. The van der Waals surface area contributed by atoms with Gasteiger partial charge in [-0.1, -0.05) is 31.0 Å². The zero-order valence-corrected chi connectivity index (χ0v) is 18.9. The molecular formula is C23H31ClN2O2. The molecule has 1 aromatic heterocycles. The predicted molar refractivity (Wildman–Crippen MR) is 116 cm³/mol. The Kier molecular flexibility index (Phi) is 7.11. The quantitative estimate of drug-likeness (QED) is 0.508. The number of benzene rings is 1. The van der Waals surface area contributed by atoms with E-state index >= 15 is 0 Å². The molecule has 0 N–H and O–H groups in total. The van der Waals surface area contributed by atoms with Crippen LogP contribution in [0, 0.1) is 12.8 Å². The molecule has 0 fully saturated rings. The standard InChI is InChI=1S/C23H31ClN2O2/c1-13(2)12-26-23(28-15(5)6)19(11-25-26)22(27)18-9-10-20(24)21(17(18)8)16(7)14(3)4/h9-11,13,15H,12H2,1-8H3. The van der Waals surface area contributed by atoms with Crippen LogP contribution in [0.4, 0.5) is 0 Å². The van der Waals surface area contributed by atoms with Gasteiger partial charge in [0.15, 0.2) is 5.78 Å². The number of ether oxygens (including phenoxy) is 1. The van der Waals surface area contributed by atoms with Crippen LogP contribution in [0.5, 0.6) is 5.88 Å². The van der Waals surface area contributed by atoms with Crippen LogP contribution >= 0.6 is 11.6 Å². The van der Waals surface area contributed by atoms with Gasteiger partial charge in [-0.05, 0) is 76.3 Å². The van der Waals surface area contributed by atoms with Gasteiger partial charge >= 0.3 is 0 Å². The SMILES string of the molecule is CC(C)=C(C)c1c(Cl)ccc(C(=O)c2cnn(CC(C)C)c2OC(C)C)c1C. The second-order valence-electron chi connectivity index (χ2n) is 8.16. The minimum absolute atomic E-state index is 0.0519. The molecule has 0 unspecified atom stereocenters. The lowest BCUT2D eigenvalue weighted by Crippen LogP contribution is -2.16. The van der Waals surface area contributed by atoms with Gasteiger partial charge in [-0.15, -0.1) is 0 Å². The van der Waals surface area contributed by atoms with Crippen molar-refractivity contribution in [2.24, 2.45) is 5.92 Å². The van der Waals surface area contributed by atoms with Crippen LogP contribution in [-0.4, -0.2) is 21.7 Å². The normalized spacial score (nSPS) is 11.2. The van der Waals surface area contributed by atoms with Gasteiger partial charge in [-0.2, -0.15) is 5.10 Å². The fourth-order valence-corrected chi connectivity index (χ4v) is 3.48. The Hall–Kier alpha value is -2.07. The summed E-state index contributed by atoms with van der Waals surface area (Å²) in [6.07, 6.45) is 1.56. The number of rotatable bonds is 7. The molecule has 0 aliphatic heterocycles. The Morgan fingerprint density at radius 1 is 1.14 bits per heavy atom. The molecule has 2 aromatic rings. The molecule has 2 rings (SSSR count). The monoisotopic (exact) mass is 402 g/mol. The lowest BCUT2D eigenvalue weighted by molar-refractivity contribution is 0.103. The van der Waals surface area contributed by atoms with Crippen molar-refractivity contribution < 1.29 is 9.53 Å². The van der Waals surface area contributed by atoms with Gasteiger partial charge in [-0.25, -0.2) is 4.68 Å². The highest BCUT2D eigenvalue weighted by molar-refractivity contribution is 6.32. The highest BCUT2D eigenvalue weighted by atomic mass is 35.5. The average Bonchev–Trinajstić information content (AvgIpc) is 2.95. The van der Waals surface area contributed by atoms with Crippen LogP contribution in [0.15, 0.2) is 23.9 Å². The molecule has 0 atom stereocenters. The lowest BCUT2D eigenvalue weighted by Gasteiger charge is -2.17. The fraction of sp³-hybridized carbons (Fsp3) is 0.478. The molecular weight excluding hydrogens is 372 g/mol. The van der Waals surface area contributed by atoms with Crippen LogP contribution in [-0.2, 0) is 6.54 Å². The summed E-state index contributed by atoms with van der Waals surface area (Å²) < 4.78 is 7.77. The number of ketones is 1. The summed E-state index contributed by atoms with van der Waals surface area (Å²) in [5.74, 6) is 0.827. The molecule has 1 aromatic carbocycles. The van der Waals surface area contributed by atoms with Crippen molar-refractivity contribution in [2.75, 3.05) is 0 Å². The van der Waals surface area contributed by atoms with E-state index in [0.717, 1.165) is 16.7 Å². The first-order chi connectivity index (χ1) is 13.0. The minimum Gasteiger partial charge on any atom is -0.475 e. The van der Waals surface area contributed by atoms with Gasteiger partial charge in [-0.3, -0.25) is 4.79 Å². The molecule has 0 saturated heterocycles. The van der Waals surface area contributed by atoms with E-state index in [1.807, 2.05) is 41.5 Å². The van der Waals surface area contributed by atoms with E-state index in [1.54, 1.807) is 23.0 Å². The fourth-order valence-electron chi connectivity index (χ4n) is 3.13. The first-order valence-electron chi connectivity index (χ1n) is 9.75. The molecule has 0 saturated carbocycles. The zero-order valence-electron chi connectivity index (χ0n) is 18.2. The maximum Gasteiger partial charge on any atom is 0.223 e. The number of allylic oxidation sites excluding steroid dienone is 2. The second kappa shape index (κ2) is 8.95. The summed E-state index contributed by atoms with van der Waals surface area (Å²) in [5, 5.41) is 5.08. The number of halogens is 1. The molecule has 5 heteroatoms. The molecule has 152 valence electrons. The average molecular weight is 403 g/mol. The molecule has 0 bridgehead atoms. The number of hydrogen-bond acceptors (Lipinski definition) is 3. The summed E-state index contributed by atoms with van der Waals surface area (Å²) in [4.78, 5) is 13.4. The number of carbonyl (C=O) groups is 1. The maximum absolute atomic E-state index is 13.4. The van der Waals surface area contributed by atoms with E-state index < -0.39 is 0 Å². The van der Waals surface area contributed by atoms with Gasteiger partial charge in [0.05, 0.1) is 12.3 Å². The summed E-state index contributed by atoms with van der Waals surface area (Å²) in [6, 6.07) is 3.59. The van der Waals surface area contributed by atoms with Crippen molar-refractivity contribution in [1.82, 2.24) is 9.78 Å². The largest absolute Gasteiger partial charge is 0.475 e. The molecule has 0 spiro atoms. The van der Waals surface area contributed by atoms with Crippen LogP contribution < -0.4 is 4.74 Å². The highest BCUT2D eigenvalue weighted by Gasteiger charge is 2.24. The molecule has 4 nitrogen and oxygen atoms in total. The van der Waals surface area contributed by atoms with E-state index in [1.165, 1.54) is 5.57 Å². The van der Waals surface area contributed by atoms with Gasteiger partial charge in [0.2, 0.25) is 5.88 Å². The van der Waals surface area contributed by atoms with Crippen molar-refractivity contribution in [3.05, 3.63) is 51.2 Å². The Labute approximate surface area is 173 Å². The van der Waals surface area contributed by atoms with Crippen molar-refractivity contribution in [1.29, 1.82) is 0 Å². The number of aromatic nitrogens is 2. The van der Waals surface area contributed by atoms with Crippen LogP contribution in [0.1, 0.15) is 75.5 Å². The molecule has 0 radical (unpaired) electrons. The Morgan fingerprint density at radius 3 is 2.32 bits per heavy atom. The van der Waals surface area contributed by atoms with Gasteiger partial charge in [0, 0.05) is 17.1 Å².